The van der Waals surface area contributed by atoms with Crippen molar-refractivity contribution >= 4 is 0 Å². The van der Waals surface area contributed by atoms with Gasteiger partial charge in [-0.15, -0.1) is 0 Å². The Hall–Kier alpha value is -1.75. The fourth-order valence-corrected chi connectivity index (χ4v) is 1.77. The van der Waals surface area contributed by atoms with Crippen molar-refractivity contribution in [2.75, 3.05) is 0 Å². The topological polar surface area (TPSA) is 69.6 Å². The van der Waals surface area contributed by atoms with Crippen molar-refractivity contribution in [1.82, 2.24) is 19.7 Å². The fraction of sp³-hybridized carbons (Fsp3) is 0.462. The zero-order valence-electron chi connectivity index (χ0n) is 11.1. The Balaban J connectivity index is 2.38. The highest BCUT2D eigenvalue weighted by molar-refractivity contribution is 5.30. The molecule has 0 aliphatic heterocycles. The van der Waals surface area contributed by atoms with Crippen LogP contribution in [0.3, 0.4) is 0 Å². The molecule has 0 unspecified atom stereocenters. The van der Waals surface area contributed by atoms with Gasteiger partial charge >= 0.3 is 0 Å². The maximum atomic E-state index is 5.79. The summed E-state index contributed by atoms with van der Waals surface area (Å²) in [6.07, 6.45) is 3.49. The molecular formula is C13H19N5. The summed E-state index contributed by atoms with van der Waals surface area (Å²) in [4.78, 5) is 8.83. The Morgan fingerprint density at radius 2 is 2.06 bits per heavy atom. The van der Waals surface area contributed by atoms with Crippen LogP contribution in [-0.4, -0.2) is 19.7 Å². The average Bonchev–Trinajstić information content (AvgIpc) is 2.82. The quantitative estimate of drug-likeness (QED) is 0.891. The van der Waals surface area contributed by atoms with E-state index in [-0.39, 0.29) is 6.04 Å². The van der Waals surface area contributed by atoms with Gasteiger partial charge < -0.3 is 5.73 Å². The summed E-state index contributed by atoms with van der Waals surface area (Å²) >= 11 is 0. The summed E-state index contributed by atoms with van der Waals surface area (Å²) < 4.78 is 1.86. The molecule has 0 radical (unpaired) electrons. The van der Waals surface area contributed by atoms with E-state index in [1.807, 2.05) is 23.7 Å². The molecule has 0 fully saturated rings. The Labute approximate surface area is 107 Å². The standard InChI is InChI=1S/C13H19N5/c1-4-12-16-13(5-2)18(17-12)10-6-7-11(9(3)14)15-8-10/h6-9H,4-5,14H2,1-3H3/t9-/m0/s1. The molecule has 0 spiro atoms. The van der Waals surface area contributed by atoms with Gasteiger partial charge in [0.05, 0.1) is 17.6 Å². The van der Waals surface area contributed by atoms with Gasteiger partial charge in [0, 0.05) is 18.9 Å². The van der Waals surface area contributed by atoms with E-state index in [0.29, 0.717) is 0 Å². The monoisotopic (exact) mass is 245 g/mol. The number of aryl methyl sites for hydroxylation is 2. The summed E-state index contributed by atoms with van der Waals surface area (Å²) in [5, 5.41) is 4.48. The first kappa shape index (κ1) is 12.7. The molecule has 2 rings (SSSR count). The molecule has 0 bridgehead atoms. The third kappa shape index (κ3) is 2.41. The van der Waals surface area contributed by atoms with E-state index < -0.39 is 0 Å². The van der Waals surface area contributed by atoms with E-state index >= 15 is 0 Å². The number of nitrogens with two attached hydrogens (primary N) is 1. The lowest BCUT2D eigenvalue weighted by Crippen LogP contribution is -2.08. The molecular weight excluding hydrogens is 226 g/mol. The van der Waals surface area contributed by atoms with Crippen molar-refractivity contribution in [3.05, 3.63) is 35.7 Å². The van der Waals surface area contributed by atoms with Crippen LogP contribution < -0.4 is 5.73 Å². The van der Waals surface area contributed by atoms with E-state index in [4.69, 9.17) is 5.73 Å². The minimum absolute atomic E-state index is 0.0494. The lowest BCUT2D eigenvalue weighted by molar-refractivity contribution is 0.761. The number of hydrogen-bond acceptors (Lipinski definition) is 4. The molecule has 2 N–H and O–H groups in total. The number of aromatic nitrogens is 4. The van der Waals surface area contributed by atoms with Crippen LogP contribution in [-0.2, 0) is 12.8 Å². The SMILES string of the molecule is CCc1nc(CC)n(-c2ccc([C@H](C)N)nc2)n1. The molecule has 0 aromatic carbocycles. The van der Waals surface area contributed by atoms with Crippen molar-refractivity contribution in [1.29, 1.82) is 0 Å². The zero-order valence-corrected chi connectivity index (χ0v) is 11.1. The van der Waals surface area contributed by atoms with Gasteiger partial charge in [0.1, 0.15) is 5.82 Å². The number of nitrogens with zero attached hydrogens (tertiary/aromatic N) is 4. The molecule has 0 aliphatic rings. The maximum Gasteiger partial charge on any atom is 0.151 e. The van der Waals surface area contributed by atoms with Gasteiger partial charge in [-0.05, 0) is 19.1 Å². The van der Waals surface area contributed by atoms with Gasteiger partial charge in [0.25, 0.3) is 0 Å². The second-order valence-corrected chi connectivity index (χ2v) is 4.29. The molecule has 0 amide bonds. The first-order chi connectivity index (χ1) is 8.65. The number of hydrogen-bond donors (Lipinski definition) is 1. The average molecular weight is 245 g/mol. The van der Waals surface area contributed by atoms with Gasteiger partial charge in [0.15, 0.2) is 5.82 Å². The normalized spacial score (nSPS) is 12.7. The van der Waals surface area contributed by atoms with Crippen molar-refractivity contribution in [2.45, 2.75) is 39.7 Å². The summed E-state index contributed by atoms with van der Waals surface area (Å²) in [6.45, 7) is 6.05. The van der Waals surface area contributed by atoms with Crippen LogP contribution in [0.15, 0.2) is 18.3 Å². The van der Waals surface area contributed by atoms with E-state index in [1.54, 1.807) is 6.20 Å². The Morgan fingerprint density at radius 1 is 1.28 bits per heavy atom. The predicted octanol–water partition coefficient (Wildman–Crippen LogP) is 1.81. The second kappa shape index (κ2) is 5.27. The van der Waals surface area contributed by atoms with E-state index in [0.717, 1.165) is 35.9 Å². The van der Waals surface area contributed by atoms with E-state index in [2.05, 4.69) is 28.9 Å². The summed E-state index contributed by atoms with van der Waals surface area (Å²) in [6, 6.07) is 3.87. The summed E-state index contributed by atoms with van der Waals surface area (Å²) in [5.74, 6) is 1.82. The van der Waals surface area contributed by atoms with Crippen molar-refractivity contribution in [3.63, 3.8) is 0 Å². The molecule has 2 heterocycles. The van der Waals surface area contributed by atoms with Gasteiger partial charge in [-0.3, -0.25) is 4.98 Å². The van der Waals surface area contributed by atoms with Crippen LogP contribution in [0.2, 0.25) is 0 Å². The minimum Gasteiger partial charge on any atom is -0.323 e. The smallest absolute Gasteiger partial charge is 0.151 e. The highest BCUT2D eigenvalue weighted by Gasteiger charge is 2.09. The summed E-state index contributed by atoms with van der Waals surface area (Å²) in [7, 11) is 0. The first-order valence-electron chi connectivity index (χ1n) is 6.32. The van der Waals surface area contributed by atoms with Gasteiger partial charge in [-0.25, -0.2) is 9.67 Å². The third-order valence-electron chi connectivity index (χ3n) is 2.83. The molecule has 96 valence electrons. The Bertz CT molecular complexity index is 513. The summed E-state index contributed by atoms with van der Waals surface area (Å²) in [5.41, 5.74) is 7.60. The van der Waals surface area contributed by atoms with Gasteiger partial charge in [-0.2, -0.15) is 5.10 Å². The molecule has 18 heavy (non-hydrogen) atoms. The van der Waals surface area contributed by atoms with Crippen molar-refractivity contribution < 1.29 is 0 Å². The highest BCUT2D eigenvalue weighted by atomic mass is 15.4. The molecule has 2 aromatic rings. The van der Waals surface area contributed by atoms with E-state index in [1.165, 1.54) is 0 Å². The highest BCUT2D eigenvalue weighted by Crippen LogP contribution is 2.13. The van der Waals surface area contributed by atoms with Crippen molar-refractivity contribution in [3.8, 4) is 5.69 Å². The fourth-order valence-electron chi connectivity index (χ4n) is 1.77. The largest absolute Gasteiger partial charge is 0.323 e. The van der Waals surface area contributed by atoms with Crippen LogP contribution >= 0.6 is 0 Å². The molecule has 0 saturated heterocycles. The number of pyridine rings is 1. The van der Waals surface area contributed by atoms with Gasteiger partial charge in [0.2, 0.25) is 0 Å². The van der Waals surface area contributed by atoms with Crippen LogP contribution in [0.5, 0.6) is 0 Å². The van der Waals surface area contributed by atoms with Gasteiger partial charge in [-0.1, -0.05) is 13.8 Å². The van der Waals surface area contributed by atoms with Crippen LogP contribution in [0.25, 0.3) is 5.69 Å². The minimum atomic E-state index is -0.0494. The Morgan fingerprint density at radius 3 is 2.56 bits per heavy atom. The second-order valence-electron chi connectivity index (χ2n) is 4.29. The third-order valence-corrected chi connectivity index (χ3v) is 2.83. The maximum absolute atomic E-state index is 5.79. The zero-order chi connectivity index (χ0) is 13.1. The molecule has 5 nitrogen and oxygen atoms in total. The lowest BCUT2D eigenvalue weighted by atomic mass is 10.2. The number of rotatable bonds is 4. The first-order valence-corrected chi connectivity index (χ1v) is 6.32. The molecule has 0 aliphatic carbocycles. The Kier molecular flexibility index (Phi) is 3.72. The van der Waals surface area contributed by atoms with E-state index in [9.17, 15) is 0 Å². The molecule has 5 heteroatoms. The molecule has 0 saturated carbocycles. The van der Waals surface area contributed by atoms with Crippen molar-refractivity contribution in [2.24, 2.45) is 5.73 Å². The molecule has 1 atom stereocenters. The van der Waals surface area contributed by atoms with Crippen LogP contribution in [0.4, 0.5) is 0 Å². The predicted molar refractivity (Wildman–Crippen MR) is 70.5 cm³/mol. The van der Waals surface area contributed by atoms with Crippen LogP contribution in [0.1, 0.15) is 44.2 Å². The lowest BCUT2D eigenvalue weighted by Gasteiger charge is -2.07. The molecule has 2 aromatic heterocycles. The van der Waals surface area contributed by atoms with Crippen LogP contribution in [0, 0.1) is 0 Å².